The maximum absolute atomic E-state index is 10.0. The van der Waals surface area contributed by atoms with Crippen LogP contribution in [0.5, 0.6) is 5.75 Å². The molecule has 0 spiro atoms. The fourth-order valence-corrected chi connectivity index (χ4v) is 4.30. The van der Waals surface area contributed by atoms with Crippen molar-refractivity contribution >= 4 is 23.1 Å². The van der Waals surface area contributed by atoms with Crippen LogP contribution in [-0.4, -0.2) is 67.1 Å². The fourth-order valence-electron chi connectivity index (χ4n) is 2.27. The summed E-state index contributed by atoms with van der Waals surface area (Å²) in [6, 6.07) is 9.31. The summed E-state index contributed by atoms with van der Waals surface area (Å²) in [5, 5.41) is 47.5. The summed E-state index contributed by atoms with van der Waals surface area (Å²) < 4.78 is 11.6. The topological polar surface area (TPSA) is 125 Å². The summed E-state index contributed by atoms with van der Waals surface area (Å²) in [4.78, 5) is 0. The molecular weight excluding hydrogens is 368 g/mol. The molecule has 8 nitrogen and oxygen atoms in total. The molecule has 3 rings (SSSR count). The van der Waals surface area contributed by atoms with E-state index in [1.165, 1.54) is 11.3 Å². The Hall–Kier alpha value is -1.27. The van der Waals surface area contributed by atoms with E-state index in [4.69, 9.17) is 9.47 Å². The highest BCUT2D eigenvalue weighted by atomic mass is 32.2. The number of hydrogen-bond donors (Lipinski definition) is 4. The second kappa shape index (κ2) is 8.41. The molecule has 5 atom stereocenters. The first-order valence-electron chi connectivity index (χ1n) is 7.56. The molecule has 0 radical (unpaired) electrons. The van der Waals surface area contributed by atoms with Gasteiger partial charge in [0.05, 0.1) is 6.61 Å². The molecular formula is C15H18N2O6S2. The van der Waals surface area contributed by atoms with Crippen molar-refractivity contribution in [3.05, 3.63) is 35.3 Å². The van der Waals surface area contributed by atoms with Gasteiger partial charge in [-0.15, -0.1) is 10.2 Å². The predicted octanol–water partition coefficient (Wildman–Crippen LogP) is 0.00910. The fraction of sp³-hybridized carbons (Fsp3) is 0.467. The normalized spacial score (nSPS) is 29.5. The Labute approximate surface area is 152 Å². The standard InChI is InChI=1S/C15H18N2O6S2/c18-6-9-11(19)12(20)13(21)14(23-9)25-15-17-16-10(24-15)7-22-8-4-2-1-3-5-8/h1-5,9,11-14,18-21H,6-7H2/t9-,11-,12+,13-,14+/m1/s1. The molecule has 0 aliphatic carbocycles. The molecule has 2 heterocycles. The van der Waals surface area contributed by atoms with E-state index in [-0.39, 0.29) is 6.61 Å². The van der Waals surface area contributed by atoms with Crippen LogP contribution in [0.2, 0.25) is 0 Å². The second-order valence-electron chi connectivity index (χ2n) is 5.38. The highest BCUT2D eigenvalue weighted by Gasteiger charge is 2.44. The number of aromatic nitrogens is 2. The number of rotatable bonds is 6. The Morgan fingerprint density at radius 3 is 2.56 bits per heavy atom. The van der Waals surface area contributed by atoms with Crippen molar-refractivity contribution in [3.63, 3.8) is 0 Å². The molecule has 0 bridgehead atoms. The number of benzene rings is 1. The van der Waals surface area contributed by atoms with Crippen LogP contribution in [0.4, 0.5) is 0 Å². The van der Waals surface area contributed by atoms with Gasteiger partial charge in [-0.05, 0) is 12.1 Å². The van der Waals surface area contributed by atoms with Crippen molar-refractivity contribution in [2.75, 3.05) is 6.61 Å². The highest BCUT2D eigenvalue weighted by Crippen LogP contribution is 2.34. The predicted molar refractivity (Wildman–Crippen MR) is 90.3 cm³/mol. The van der Waals surface area contributed by atoms with Crippen LogP contribution in [0.15, 0.2) is 34.7 Å². The van der Waals surface area contributed by atoms with Gasteiger partial charge >= 0.3 is 0 Å². The van der Waals surface area contributed by atoms with Crippen LogP contribution < -0.4 is 4.74 Å². The molecule has 0 amide bonds. The minimum atomic E-state index is -1.41. The zero-order valence-electron chi connectivity index (χ0n) is 13.0. The van der Waals surface area contributed by atoms with Gasteiger partial charge in [0, 0.05) is 0 Å². The van der Waals surface area contributed by atoms with E-state index in [2.05, 4.69) is 10.2 Å². The van der Waals surface area contributed by atoms with Gasteiger partial charge in [0.2, 0.25) is 0 Å². The molecule has 1 aliphatic rings. The maximum Gasteiger partial charge on any atom is 0.177 e. The van der Waals surface area contributed by atoms with E-state index in [9.17, 15) is 20.4 Å². The molecule has 2 aromatic rings. The van der Waals surface area contributed by atoms with E-state index in [0.717, 1.165) is 17.5 Å². The summed E-state index contributed by atoms with van der Waals surface area (Å²) in [6.07, 6.45) is -5.03. The van der Waals surface area contributed by atoms with Gasteiger partial charge in [-0.25, -0.2) is 0 Å². The average molecular weight is 386 g/mol. The quantitative estimate of drug-likeness (QED) is 0.543. The van der Waals surface area contributed by atoms with Crippen molar-refractivity contribution in [2.24, 2.45) is 0 Å². The second-order valence-corrected chi connectivity index (χ2v) is 7.79. The largest absolute Gasteiger partial charge is 0.486 e. The van der Waals surface area contributed by atoms with Crippen molar-refractivity contribution in [1.29, 1.82) is 0 Å². The Morgan fingerprint density at radius 2 is 1.84 bits per heavy atom. The summed E-state index contributed by atoms with van der Waals surface area (Å²) >= 11 is 2.35. The van der Waals surface area contributed by atoms with E-state index in [0.29, 0.717) is 9.35 Å². The number of nitrogens with zero attached hydrogens (tertiary/aromatic N) is 2. The Kier molecular flexibility index (Phi) is 6.23. The van der Waals surface area contributed by atoms with E-state index in [1.807, 2.05) is 30.3 Å². The molecule has 10 heteroatoms. The van der Waals surface area contributed by atoms with E-state index >= 15 is 0 Å². The van der Waals surface area contributed by atoms with Gasteiger partial charge in [0.1, 0.15) is 42.2 Å². The van der Waals surface area contributed by atoms with Crippen LogP contribution in [0.3, 0.4) is 0 Å². The molecule has 0 saturated carbocycles. The average Bonchev–Trinajstić information content (AvgIpc) is 3.09. The molecule has 25 heavy (non-hydrogen) atoms. The monoisotopic (exact) mass is 386 g/mol. The first kappa shape index (κ1) is 18.5. The first-order chi connectivity index (χ1) is 12.1. The zero-order chi connectivity index (χ0) is 17.8. The van der Waals surface area contributed by atoms with Crippen LogP contribution in [0, 0.1) is 0 Å². The lowest BCUT2D eigenvalue weighted by molar-refractivity contribution is -0.205. The summed E-state index contributed by atoms with van der Waals surface area (Å²) in [5.74, 6) is 0.723. The van der Waals surface area contributed by atoms with Gasteiger partial charge in [-0.1, -0.05) is 41.3 Å². The van der Waals surface area contributed by atoms with Gasteiger partial charge in [-0.3, -0.25) is 0 Å². The van der Waals surface area contributed by atoms with Gasteiger partial charge in [0.15, 0.2) is 9.35 Å². The van der Waals surface area contributed by atoms with Crippen LogP contribution in [0.25, 0.3) is 0 Å². The van der Waals surface area contributed by atoms with Crippen LogP contribution in [-0.2, 0) is 11.3 Å². The van der Waals surface area contributed by atoms with Gasteiger partial charge < -0.3 is 29.9 Å². The Bertz CT molecular complexity index is 671. The summed E-state index contributed by atoms with van der Waals surface area (Å²) in [6.45, 7) is -0.203. The van der Waals surface area contributed by atoms with Crippen molar-refractivity contribution in [1.82, 2.24) is 10.2 Å². The Balaban J connectivity index is 1.59. The molecule has 1 aromatic heterocycles. The van der Waals surface area contributed by atoms with E-state index < -0.39 is 36.5 Å². The first-order valence-corrected chi connectivity index (χ1v) is 9.25. The van der Waals surface area contributed by atoms with Crippen LogP contribution >= 0.6 is 23.1 Å². The highest BCUT2D eigenvalue weighted by molar-refractivity contribution is 8.01. The van der Waals surface area contributed by atoms with Gasteiger partial charge in [-0.2, -0.15) is 0 Å². The minimum absolute atomic E-state index is 0.261. The summed E-state index contributed by atoms with van der Waals surface area (Å²) in [7, 11) is 0. The molecule has 1 saturated heterocycles. The molecule has 1 fully saturated rings. The lowest BCUT2D eigenvalue weighted by Crippen LogP contribution is -2.57. The number of para-hydroxylation sites is 1. The third-order valence-corrected chi connectivity index (χ3v) is 5.75. The number of thioether (sulfide) groups is 1. The molecule has 136 valence electrons. The number of aliphatic hydroxyl groups excluding tert-OH is 4. The lowest BCUT2D eigenvalue weighted by Gasteiger charge is -2.39. The number of aliphatic hydroxyl groups is 4. The smallest absolute Gasteiger partial charge is 0.177 e. The number of ether oxygens (including phenoxy) is 2. The van der Waals surface area contributed by atoms with Crippen molar-refractivity contribution in [2.45, 2.75) is 40.8 Å². The SMILES string of the molecule is OC[C@H]1O[C@@H](Sc2nnc(COc3ccccc3)s2)[C@H](O)[C@@H](O)[C@@H]1O. The molecule has 1 aromatic carbocycles. The molecule has 0 unspecified atom stereocenters. The number of hydrogen-bond acceptors (Lipinski definition) is 10. The minimum Gasteiger partial charge on any atom is -0.486 e. The third-order valence-electron chi connectivity index (χ3n) is 3.62. The van der Waals surface area contributed by atoms with Crippen molar-refractivity contribution < 1.29 is 29.9 Å². The summed E-state index contributed by atoms with van der Waals surface area (Å²) in [5.41, 5.74) is -0.869. The molecule has 4 N–H and O–H groups in total. The van der Waals surface area contributed by atoms with E-state index in [1.54, 1.807) is 0 Å². The zero-order valence-corrected chi connectivity index (χ0v) is 14.6. The van der Waals surface area contributed by atoms with Gasteiger partial charge in [0.25, 0.3) is 0 Å². The lowest BCUT2D eigenvalue weighted by atomic mass is 10.0. The van der Waals surface area contributed by atoms with Crippen LogP contribution in [0.1, 0.15) is 5.01 Å². The Morgan fingerprint density at radius 1 is 1.08 bits per heavy atom. The maximum atomic E-state index is 10.0. The third kappa shape index (κ3) is 4.47. The molecule has 1 aliphatic heterocycles. The van der Waals surface area contributed by atoms with Crippen molar-refractivity contribution in [3.8, 4) is 5.75 Å².